The van der Waals surface area contributed by atoms with Gasteiger partial charge in [-0.25, -0.2) is 4.79 Å². The molecule has 0 spiro atoms. The van der Waals surface area contributed by atoms with Gasteiger partial charge in [0, 0.05) is 19.3 Å². The monoisotopic (exact) mass is 1160 g/mol. The molecule has 0 aromatic carbocycles. The number of rotatable bonds is 54. The number of aliphatic carboxylic acids is 1. The molecule has 1 aliphatic heterocycles. The maximum atomic E-state index is 13.2. The predicted molar refractivity (Wildman–Crippen MR) is 340 cm³/mol. The molecule has 0 amide bonds. The Morgan fingerprint density at radius 1 is 0.410 bits per heavy atom. The van der Waals surface area contributed by atoms with E-state index in [0.29, 0.717) is 19.3 Å². The molecule has 1 fully saturated rings. The Labute approximate surface area is 503 Å². The van der Waals surface area contributed by atoms with E-state index in [4.69, 9.17) is 23.7 Å². The van der Waals surface area contributed by atoms with Crippen molar-refractivity contribution in [1.82, 2.24) is 0 Å². The first-order valence-corrected chi connectivity index (χ1v) is 32.5. The second-order valence-electron chi connectivity index (χ2n) is 21.6. The average molecular weight is 1160 g/mol. The van der Waals surface area contributed by atoms with Crippen molar-refractivity contribution in [2.45, 2.75) is 289 Å². The molecular formula is C71H114O12. The van der Waals surface area contributed by atoms with Crippen molar-refractivity contribution in [1.29, 1.82) is 0 Å². The molecular weight excluding hydrogens is 1040 g/mol. The van der Waals surface area contributed by atoms with E-state index in [-0.39, 0.29) is 25.9 Å². The zero-order valence-electron chi connectivity index (χ0n) is 51.9. The highest BCUT2D eigenvalue weighted by Crippen LogP contribution is 2.26. The summed E-state index contributed by atoms with van der Waals surface area (Å²) in [4.78, 5) is 51.3. The van der Waals surface area contributed by atoms with E-state index in [1.54, 1.807) is 0 Å². The molecule has 0 bridgehead atoms. The van der Waals surface area contributed by atoms with E-state index in [1.807, 2.05) is 0 Å². The van der Waals surface area contributed by atoms with Crippen molar-refractivity contribution in [2.75, 3.05) is 13.2 Å². The zero-order chi connectivity index (χ0) is 60.3. The molecule has 1 heterocycles. The van der Waals surface area contributed by atoms with Crippen LogP contribution in [0.15, 0.2) is 122 Å². The summed E-state index contributed by atoms with van der Waals surface area (Å²) in [5.41, 5.74) is 0. The van der Waals surface area contributed by atoms with Crippen LogP contribution in [0.3, 0.4) is 0 Å². The second-order valence-corrected chi connectivity index (χ2v) is 21.6. The Hall–Kier alpha value is -4.88. The Bertz CT molecular complexity index is 1900. The van der Waals surface area contributed by atoms with Gasteiger partial charge in [-0.05, 0) is 109 Å². The quantitative estimate of drug-likeness (QED) is 0.0228. The van der Waals surface area contributed by atoms with Gasteiger partial charge >= 0.3 is 23.9 Å². The minimum Gasteiger partial charge on any atom is -0.479 e. The first kappa shape index (κ1) is 76.1. The molecule has 0 radical (unpaired) electrons. The fourth-order valence-electron chi connectivity index (χ4n) is 9.13. The summed E-state index contributed by atoms with van der Waals surface area (Å²) in [5, 5.41) is 31.6. The van der Waals surface area contributed by atoms with Crippen LogP contribution in [0, 0.1) is 0 Å². The number of hydrogen-bond acceptors (Lipinski definition) is 11. The third kappa shape index (κ3) is 47.1. The van der Waals surface area contributed by atoms with Gasteiger partial charge in [-0.1, -0.05) is 245 Å². The number of unbranched alkanes of at least 4 members (excludes halogenated alkanes) is 20. The number of carbonyl (C=O) groups excluding carboxylic acids is 3. The number of carboxylic acids is 1. The van der Waals surface area contributed by atoms with Crippen LogP contribution in [0.25, 0.3) is 0 Å². The van der Waals surface area contributed by atoms with Crippen LogP contribution in [0.4, 0.5) is 0 Å². The highest BCUT2D eigenvalue weighted by molar-refractivity contribution is 5.74. The Kier molecular flexibility index (Phi) is 52.8. The van der Waals surface area contributed by atoms with E-state index in [2.05, 4.69) is 142 Å². The van der Waals surface area contributed by atoms with Crippen LogP contribution in [-0.4, -0.2) is 89.2 Å². The van der Waals surface area contributed by atoms with Crippen molar-refractivity contribution in [2.24, 2.45) is 0 Å². The average Bonchev–Trinajstić information content (AvgIpc) is 3.57. The van der Waals surface area contributed by atoms with Crippen LogP contribution in [0.2, 0.25) is 0 Å². The van der Waals surface area contributed by atoms with Crippen LogP contribution >= 0.6 is 0 Å². The maximum absolute atomic E-state index is 13.2. The highest BCUT2D eigenvalue weighted by Gasteiger charge is 2.50. The topological polar surface area (TPSA) is 175 Å². The number of aliphatic hydroxyl groups is 2. The summed E-state index contributed by atoms with van der Waals surface area (Å²) < 4.78 is 28.5. The van der Waals surface area contributed by atoms with Gasteiger partial charge in [0.15, 0.2) is 24.6 Å². The Morgan fingerprint density at radius 3 is 1.16 bits per heavy atom. The lowest BCUT2D eigenvalue weighted by atomic mass is 9.98. The SMILES string of the molecule is CC/C=C\C/C=C\C/C=C\C/C=C\C/C=C\CCCCCC(=O)OCC(COC1OC(C(=O)O)C(O)C(O)C1OC(=O)CCCCC/C=C\C/C=C\C/C=C\C/C=C\C/C=C\CC)OC(=O)CCCCCCCCCCCCCCCCC. The first-order valence-electron chi connectivity index (χ1n) is 32.5. The molecule has 83 heavy (non-hydrogen) atoms. The number of hydrogen-bond donors (Lipinski definition) is 3. The lowest BCUT2D eigenvalue weighted by Gasteiger charge is -2.40. The molecule has 6 atom stereocenters. The van der Waals surface area contributed by atoms with Gasteiger partial charge in [-0.3, -0.25) is 14.4 Å². The molecule has 12 nitrogen and oxygen atoms in total. The minimum atomic E-state index is -1.93. The van der Waals surface area contributed by atoms with E-state index in [1.165, 1.54) is 70.6 Å². The molecule has 0 saturated carbocycles. The van der Waals surface area contributed by atoms with Gasteiger partial charge in [0.1, 0.15) is 18.8 Å². The maximum Gasteiger partial charge on any atom is 0.335 e. The van der Waals surface area contributed by atoms with Gasteiger partial charge in [-0.15, -0.1) is 0 Å². The summed E-state index contributed by atoms with van der Waals surface area (Å²) in [7, 11) is 0. The fraction of sp³-hybridized carbons (Fsp3) is 0.662. The fourth-order valence-corrected chi connectivity index (χ4v) is 9.13. The van der Waals surface area contributed by atoms with Gasteiger partial charge < -0.3 is 39.0 Å². The Balaban J connectivity index is 2.71. The number of carboxylic acid groups (broad SMARTS) is 1. The largest absolute Gasteiger partial charge is 0.479 e. The summed E-state index contributed by atoms with van der Waals surface area (Å²) >= 11 is 0. The van der Waals surface area contributed by atoms with Crippen molar-refractivity contribution in [3.05, 3.63) is 122 Å². The van der Waals surface area contributed by atoms with Crippen LogP contribution in [0.1, 0.15) is 252 Å². The highest BCUT2D eigenvalue weighted by atomic mass is 16.7. The molecule has 1 rings (SSSR count). The molecule has 12 heteroatoms. The van der Waals surface area contributed by atoms with E-state index in [0.717, 1.165) is 122 Å². The molecule has 1 aliphatic rings. The zero-order valence-corrected chi connectivity index (χ0v) is 51.9. The van der Waals surface area contributed by atoms with Gasteiger partial charge in [-0.2, -0.15) is 0 Å². The number of esters is 3. The number of allylic oxidation sites excluding steroid dienone is 20. The lowest BCUT2D eigenvalue weighted by Crippen LogP contribution is -2.61. The third-order valence-corrected chi connectivity index (χ3v) is 14.0. The van der Waals surface area contributed by atoms with E-state index < -0.39 is 67.3 Å². The summed E-state index contributed by atoms with van der Waals surface area (Å²) in [6.07, 6.45) is 67.2. The van der Waals surface area contributed by atoms with Gasteiger partial charge in [0.05, 0.1) is 6.61 Å². The molecule has 3 N–H and O–H groups in total. The third-order valence-electron chi connectivity index (χ3n) is 14.0. The van der Waals surface area contributed by atoms with Crippen LogP contribution < -0.4 is 0 Å². The second kappa shape index (κ2) is 57.5. The Morgan fingerprint density at radius 2 is 0.759 bits per heavy atom. The molecule has 1 saturated heterocycles. The summed E-state index contributed by atoms with van der Waals surface area (Å²) in [6.45, 7) is 5.74. The van der Waals surface area contributed by atoms with Crippen LogP contribution in [-0.2, 0) is 42.9 Å². The normalized spacial score (nSPS) is 18.4. The number of carbonyl (C=O) groups is 4. The molecule has 0 aromatic heterocycles. The minimum absolute atomic E-state index is 0.0128. The number of ether oxygens (including phenoxy) is 5. The van der Waals surface area contributed by atoms with Gasteiger partial charge in [0.25, 0.3) is 0 Å². The molecule has 0 aromatic rings. The summed E-state index contributed by atoms with van der Waals surface area (Å²) in [6, 6.07) is 0. The number of aliphatic hydroxyl groups excluding tert-OH is 2. The first-order chi connectivity index (χ1) is 40.6. The van der Waals surface area contributed by atoms with Gasteiger partial charge in [0.2, 0.25) is 0 Å². The van der Waals surface area contributed by atoms with E-state index in [9.17, 15) is 34.5 Å². The van der Waals surface area contributed by atoms with Crippen LogP contribution in [0.5, 0.6) is 0 Å². The van der Waals surface area contributed by atoms with Crippen molar-refractivity contribution in [3.8, 4) is 0 Å². The smallest absolute Gasteiger partial charge is 0.335 e. The molecule has 470 valence electrons. The van der Waals surface area contributed by atoms with Crippen molar-refractivity contribution >= 4 is 23.9 Å². The molecule has 0 aliphatic carbocycles. The van der Waals surface area contributed by atoms with Crippen molar-refractivity contribution < 1.29 is 58.2 Å². The predicted octanol–water partition coefficient (Wildman–Crippen LogP) is 17.6. The summed E-state index contributed by atoms with van der Waals surface area (Å²) in [5.74, 6) is -3.21. The van der Waals surface area contributed by atoms with Crippen molar-refractivity contribution in [3.63, 3.8) is 0 Å². The standard InChI is InChI=1S/C71H114O12/c1-4-7-10-13-16-19-22-25-28-30-32-34-37-39-42-45-48-51-54-57-63(72)79-60-62(81-64(73)58-55-52-49-46-43-40-36-27-24-21-18-15-12-9-6-3)61-80-71-69(67(76)66(75)68(83-71)70(77)78)82-65(74)59-56-53-50-47-44-41-38-35-33-31-29-26-23-20-17-14-11-8-5-2/h7-8,10-11,16-17,19-20,25-26,28-29,32-35,39,41-42,44,62,66-69,71,75-76H,4-6,9,12-15,18,21-24,27,30-31,36-38,40,43,45-61H2,1-3H3,(H,77,78)/b10-7-,11-8-,19-16-,20-17-,28-25-,29-26-,34-32-,35-33-,42-39-,44-41-. The lowest BCUT2D eigenvalue weighted by molar-refractivity contribution is -0.301. The molecule has 6 unspecified atom stereocenters. The van der Waals surface area contributed by atoms with E-state index >= 15 is 0 Å².